The number of nitro groups is 1. The van der Waals surface area contributed by atoms with Gasteiger partial charge in [-0.3, -0.25) is 15.0 Å². The minimum Gasteiger partial charge on any atom is -0.410 e. The molecule has 1 heterocycles. The summed E-state index contributed by atoms with van der Waals surface area (Å²) < 4.78 is 5.44. The Balaban J connectivity index is 2.01. The normalized spacial score (nSPS) is 15.4. The summed E-state index contributed by atoms with van der Waals surface area (Å²) in [6, 6.07) is 13.0. The number of ether oxygens (including phenoxy) is 1. The molecule has 6 nitrogen and oxygen atoms in total. The maximum atomic E-state index is 12.8. The first-order chi connectivity index (χ1) is 12.1. The number of amides is 1. The van der Waals surface area contributed by atoms with Crippen molar-refractivity contribution >= 4 is 23.5 Å². The van der Waals surface area contributed by atoms with Gasteiger partial charge in [-0.05, 0) is 30.7 Å². The Labute approximate surface area is 144 Å². The number of nitro benzene ring substituents is 1. The zero-order chi connectivity index (χ0) is 17.8. The molecule has 2 aromatic carbocycles. The summed E-state index contributed by atoms with van der Waals surface area (Å²) in [5.74, 6) is 0.409. The van der Waals surface area contributed by atoms with Crippen LogP contribution in [0.4, 0.5) is 16.2 Å². The quantitative estimate of drug-likeness (QED) is 0.466. The Morgan fingerprint density at radius 2 is 2.00 bits per heavy atom. The fourth-order valence-corrected chi connectivity index (χ4v) is 2.78. The highest BCUT2D eigenvalue weighted by Gasteiger charge is 2.32. The molecule has 2 aromatic rings. The third-order valence-electron chi connectivity index (χ3n) is 3.89. The molecule has 3 rings (SSSR count). The zero-order valence-corrected chi connectivity index (χ0v) is 13.4. The second-order valence-corrected chi connectivity index (χ2v) is 5.47. The average Bonchev–Trinajstić information content (AvgIpc) is 2.61. The Hall–Kier alpha value is -3.41. The van der Waals surface area contributed by atoms with Gasteiger partial charge >= 0.3 is 6.09 Å². The van der Waals surface area contributed by atoms with E-state index in [-0.39, 0.29) is 11.7 Å². The number of nitrogens with zero attached hydrogens (tertiary/aromatic N) is 2. The standard InChI is InChI=1S/C19H16N2O4/c1-2-7-14-12-13-16-17(10-6-11-18(16)21(23)24)20(14)19(22)25-15-8-4-3-5-9-15/h2-6,8-14H,1,7H2. The molecule has 1 amide bonds. The van der Waals surface area contributed by atoms with Gasteiger partial charge in [-0.15, -0.1) is 6.58 Å². The zero-order valence-electron chi connectivity index (χ0n) is 13.4. The molecule has 126 valence electrons. The highest BCUT2D eigenvalue weighted by Crippen LogP contribution is 2.36. The van der Waals surface area contributed by atoms with E-state index >= 15 is 0 Å². The lowest BCUT2D eigenvalue weighted by Crippen LogP contribution is -2.42. The first kappa shape index (κ1) is 16.4. The number of hydrogen-bond donors (Lipinski definition) is 0. The third kappa shape index (κ3) is 3.28. The van der Waals surface area contributed by atoms with Crippen LogP contribution in [0, 0.1) is 10.1 Å². The van der Waals surface area contributed by atoms with Crippen molar-refractivity contribution in [1.29, 1.82) is 0 Å². The Morgan fingerprint density at radius 3 is 2.68 bits per heavy atom. The molecular weight excluding hydrogens is 320 g/mol. The van der Waals surface area contributed by atoms with Crippen molar-refractivity contribution in [2.75, 3.05) is 4.90 Å². The number of hydrogen-bond acceptors (Lipinski definition) is 4. The molecular formula is C19H16N2O4. The predicted molar refractivity (Wildman–Crippen MR) is 95.7 cm³/mol. The first-order valence-electron chi connectivity index (χ1n) is 7.74. The Bertz CT molecular complexity index is 846. The van der Waals surface area contributed by atoms with Crippen LogP contribution < -0.4 is 9.64 Å². The fraction of sp³-hybridized carbons (Fsp3) is 0.105. The van der Waals surface area contributed by atoms with Crippen molar-refractivity contribution in [2.24, 2.45) is 0 Å². The summed E-state index contributed by atoms with van der Waals surface area (Å²) in [5.41, 5.74) is 0.783. The smallest absolute Gasteiger partial charge is 0.410 e. The lowest BCUT2D eigenvalue weighted by atomic mass is 10.00. The van der Waals surface area contributed by atoms with E-state index in [1.165, 1.54) is 11.0 Å². The molecule has 0 N–H and O–H groups in total. The molecule has 0 spiro atoms. The van der Waals surface area contributed by atoms with Gasteiger partial charge in [-0.1, -0.05) is 36.4 Å². The number of fused-ring (bicyclic) bond motifs is 1. The van der Waals surface area contributed by atoms with Crippen LogP contribution in [0.15, 0.2) is 67.3 Å². The molecule has 0 radical (unpaired) electrons. The van der Waals surface area contributed by atoms with Crippen molar-refractivity contribution in [2.45, 2.75) is 12.5 Å². The van der Waals surface area contributed by atoms with Gasteiger partial charge in [0.25, 0.3) is 5.69 Å². The number of anilines is 1. The summed E-state index contributed by atoms with van der Waals surface area (Å²) in [6.45, 7) is 3.71. The number of rotatable bonds is 4. The molecule has 0 aliphatic carbocycles. The van der Waals surface area contributed by atoms with Gasteiger partial charge in [-0.25, -0.2) is 4.79 Å². The largest absolute Gasteiger partial charge is 0.420 e. The molecule has 1 unspecified atom stereocenters. The molecule has 1 aliphatic heterocycles. The fourth-order valence-electron chi connectivity index (χ4n) is 2.78. The van der Waals surface area contributed by atoms with Crippen molar-refractivity contribution in [3.05, 3.63) is 82.9 Å². The molecule has 25 heavy (non-hydrogen) atoms. The molecule has 6 heteroatoms. The minimum absolute atomic E-state index is 0.0525. The van der Waals surface area contributed by atoms with Gasteiger partial charge in [0.2, 0.25) is 0 Å². The van der Waals surface area contributed by atoms with E-state index in [1.54, 1.807) is 54.6 Å². The van der Waals surface area contributed by atoms with Crippen LogP contribution in [0.2, 0.25) is 0 Å². The van der Waals surface area contributed by atoms with Gasteiger partial charge in [0.15, 0.2) is 0 Å². The lowest BCUT2D eigenvalue weighted by Gasteiger charge is -2.32. The van der Waals surface area contributed by atoms with E-state index in [4.69, 9.17) is 4.74 Å². The summed E-state index contributed by atoms with van der Waals surface area (Å²) in [5, 5.41) is 11.3. The maximum Gasteiger partial charge on any atom is 0.420 e. The number of benzene rings is 2. The van der Waals surface area contributed by atoms with Crippen LogP contribution in [-0.2, 0) is 0 Å². The molecule has 0 aromatic heterocycles. The molecule has 0 saturated heterocycles. The van der Waals surface area contributed by atoms with E-state index in [0.29, 0.717) is 23.4 Å². The van der Waals surface area contributed by atoms with Crippen molar-refractivity contribution in [3.63, 3.8) is 0 Å². The van der Waals surface area contributed by atoms with Gasteiger partial charge < -0.3 is 4.74 Å². The van der Waals surface area contributed by atoms with E-state index in [0.717, 1.165) is 0 Å². The van der Waals surface area contributed by atoms with Crippen LogP contribution in [-0.4, -0.2) is 17.1 Å². The average molecular weight is 336 g/mol. The third-order valence-corrected chi connectivity index (χ3v) is 3.89. The van der Waals surface area contributed by atoms with Crippen LogP contribution in [0.25, 0.3) is 6.08 Å². The minimum atomic E-state index is -0.593. The van der Waals surface area contributed by atoms with Gasteiger partial charge in [0, 0.05) is 6.07 Å². The molecule has 0 fully saturated rings. The Kier molecular flexibility index (Phi) is 4.61. The Morgan fingerprint density at radius 1 is 1.24 bits per heavy atom. The van der Waals surface area contributed by atoms with Crippen LogP contribution in [0.3, 0.4) is 0 Å². The first-order valence-corrected chi connectivity index (χ1v) is 7.74. The van der Waals surface area contributed by atoms with Crippen LogP contribution in [0.1, 0.15) is 12.0 Å². The monoisotopic (exact) mass is 336 g/mol. The van der Waals surface area contributed by atoms with Crippen molar-refractivity contribution in [1.82, 2.24) is 0 Å². The predicted octanol–water partition coefficient (Wildman–Crippen LogP) is 4.57. The highest BCUT2D eigenvalue weighted by atomic mass is 16.6. The summed E-state index contributed by atoms with van der Waals surface area (Å²) in [7, 11) is 0. The number of carbonyl (C=O) groups is 1. The maximum absolute atomic E-state index is 12.8. The van der Waals surface area contributed by atoms with Gasteiger partial charge in [-0.2, -0.15) is 0 Å². The molecule has 0 bridgehead atoms. The highest BCUT2D eigenvalue weighted by molar-refractivity contribution is 5.96. The van der Waals surface area contributed by atoms with Crippen molar-refractivity contribution < 1.29 is 14.5 Å². The van der Waals surface area contributed by atoms with Gasteiger partial charge in [0.1, 0.15) is 5.75 Å². The second kappa shape index (κ2) is 7.00. The van der Waals surface area contributed by atoms with Gasteiger partial charge in [0.05, 0.1) is 22.2 Å². The van der Waals surface area contributed by atoms with Crippen molar-refractivity contribution in [3.8, 4) is 5.75 Å². The second-order valence-electron chi connectivity index (χ2n) is 5.47. The van der Waals surface area contributed by atoms with E-state index in [1.807, 2.05) is 6.07 Å². The topological polar surface area (TPSA) is 72.7 Å². The van der Waals surface area contributed by atoms with Crippen LogP contribution in [0.5, 0.6) is 5.75 Å². The molecule has 1 aliphatic rings. The summed E-state index contributed by atoms with van der Waals surface area (Å²) in [4.78, 5) is 25.0. The van der Waals surface area contributed by atoms with Crippen LogP contribution >= 0.6 is 0 Å². The summed E-state index contributed by atoms with van der Waals surface area (Å²) in [6.07, 6.45) is 5.03. The summed E-state index contributed by atoms with van der Waals surface area (Å²) >= 11 is 0. The number of para-hydroxylation sites is 1. The van der Waals surface area contributed by atoms with E-state index < -0.39 is 11.0 Å². The molecule has 1 atom stereocenters. The lowest BCUT2D eigenvalue weighted by molar-refractivity contribution is -0.385. The SMILES string of the molecule is C=CCC1C=Cc2c(cccc2[N+](=O)[O-])N1C(=O)Oc1ccccc1. The molecule has 0 saturated carbocycles. The van der Waals surface area contributed by atoms with E-state index in [9.17, 15) is 14.9 Å². The number of carbonyl (C=O) groups excluding carboxylic acids is 1. The van der Waals surface area contributed by atoms with E-state index in [2.05, 4.69) is 6.58 Å².